The average Bonchev–Trinajstić information content (AvgIpc) is 3.09. The second-order valence-corrected chi connectivity index (χ2v) is 6.84. The molecule has 0 radical (unpaired) electrons. The van der Waals surface area contributed by atoms with Gasteiger partial charge in [0.05, 0.1) is 0 Å². The Morgan fingerprint density at radius 1 is 1.32 bits per heavy atom. The van der Waals surface area contributed by atoms with E-state index in [0.717, 1.165) is 12.8 Å². The third kappa shape index (κ3) is 2.99. The van der Waals surface area contributed by atoms with E-state index < -0.39 is 11.6 Å². The summed E-state index contributed by atoms with van der Waals surface area (Å²) in [5.41, 5.74) is -0.801. The van der Waals surface area contributed by atoms with Gasteiger partial charge in [-0.2, -0.15) is 0 Å². The van der Waals surface area contributed by atoms with Crippen molar-refractivity contribution in [2.45, 2.75) is 37.6 Å². The molecule has 2 aliphatic rings. The van der Waals surface area contributed by atoms with Crippen LogP contribution in [0.5, 0.6) is 0 Å². The van der Waals surface area contributed by atoms with Crippen LogP contribution in [0, 0.1) is 0 Å². The fraction of sp³-hybridized carbons (Fsp3) is 0.533. The van der Waals surface area contributed by atoms with Crippen molar-refractivity contribution in [3.8, 4) is 0 Å². The van der Waals surface area contributed by atoms with Crippen LogP contribution in [0.1, 0.15) is 30.6 Å². The Kier molecular flexibility index (Phi) is 4.15. The van der Waals surface area contributed by atoms with Crippen LogP contribution in [0.4, 0.5) is 4.79 Å². The third-order valence-corrected chi connectivity index (χ3v) is 5.31. The van der Waals surface area contributed by atoms with E-state index in [4.69, 9.17) is 0 Å². The third-order valence-electron chi connectivity index (χ3n) is 4.38. The lowest BCUT2D eigenvalue weighted by Crippen LogP contribution is -2.55. The molecule has 1 spiro atoms. The number of thiophene rings is 1. The van der Waals surface area contributed by atoms with Crippen molar-refractivity contribution in [1.82, 2.24) is 15.5 Å². The number of nitrogens with one attached hydrogen (secondary N) is 2. The predicted octanol–water partition coefficient (Wildman–Crippen LogP) is 1.27. The van der Waals surface area contributed by atoms with E-state index >= 15 is 0 Å². The Morgan fingerprint density at radius 2 is 2.09 bits per heavy atom. The van der Waals surface area contributed by atoms with Gasteiger partial charge in [0, 0.05) is 24.4 Å². The molecule has 0 saturated carbocycles. The topological polar surface area (TPSA) is 78.5 Å². The Labute approximate surface area is 132 Å². The van der Waals surface area contributed by atoms with Crippen molar-refractivity contribution in [2.75, 3.05) is 13.1 Å². The maximum Gasteiger partial charge on any atom is 0.322 e. The second kappa shape index (κ2) is 6.08. The molecule has 118 valence electrons. The lowest BCUT2D eigenvalue weighted by Gasteiger charge is -2.37. The van der Waals surface area contributed by atoms with E-state index in [-0.39, 0.29) is 11.8 Å². The summed E-state index contributed by atoms with van der Waals surface area (Å²) in [6.07, 6.45) is 3.28. The van der Waals surface area contributed by atoms with Gasteiger partial charge in [0.2, 0.25) is 5.91 Å². The van der Waals surface area contributed by atoms with Crippen LogP contribution >= 0.6 is 11.3 Å². The van der Waals surface area contributed by atoms with E-state index in [2.05, 4.69) is 16.7 Å². The number of amides is 4. The minimum atomic E-state index is -0.801. The predicted molar refractivity (Wildman–Crippen MR) is 82.5 cm³/mol. The fourth-order valence-corrected chi connectivity index (χ4v) is 3.80. The first-order valence-corrected chi connectivity index (χ1v) is 8.41. The molecule has 3 heterocycles. The molecule has 2 N–H and O–H groups in total. The van der Waals surface area contributed by atoms with Crippen LogP contribution < -0.4 is 10.6 Å². The largest absolute Gasteiger partial charge is 0.342 e. The van der Waals surface area contributed by atoms with E-state index in [0.29, 0.717) is 32.4 Å². The first kappa shape index (κ1) is 15.0. The smallest absolute Gasteiger partial charge is 0.322 e. The van der Waals surface area contributed by atoms with Crippen molar-refractivity contribution < 1.29 is 14.4 Å². The highest BCUT2D eigenvalue weighted by molar-refractivity contribution is 7.09. The number of rotatable bonds is 4. The van der Waals surface area contributed by atoms with Gasteiger partial charge in [-0.15, -0.1) is 11.3 Å². The van der Waals surface area contributed by atoms with Crippen LogP contribution in [-0.2, 0) is 16.0 Å². The van der Waals surface area contributed by atoms with Crippen molar-refractivity contribution in [3.63, 3.8) is 0 Å². The van der Waals surface area contributed by atoms with Crippen molar-refractivity contribution >= 4 is 29.2 Å². The molecule has 0 aliphatic carbocycles. The van der Waals surface area contributed by atoms with Crippen molar-refractivity contribution in [1.29, 1.82) is 0 Å². The molecule has 0 atom stereocenters. The highest BCUT2D eigenvalue weighted by Crippen LogP contribution is 2.26. The average molecular weight is 321 g/mol. The number of piperidine rings is 1. The zero-order valence-corrected chi connectivity index (χ0v) is 13.1. The van der Waals surface area contributed by atoms with Crippen LogP contribution in [0.3, 0.4) is 0 Å². The van der Waals surface area contributed by atoms with E-state index in [1.54, 1.807) is 16.2 Å². The summed E-state index contributed by atoms with van der Waals surface area (Å²) >= 11 is 1.71. The molecule has 0 unspecified atom stereocenters. The molecular formula is C15H19N3O3S. The standard InChI is InChI=1S/C15H19N3O3S/c19-12(5-1-3-11-4-2-10-22-11)18-8-6-15(7-9-18)13(20)16-14(21)17-15/h2,4,10H,1,3,5-9H2,(H2,16,17,20,21). The molecule has 1 aromatic heterocycles. The molecule has 2 saturated heterocycles. The molecule has 2 fully saturated rings. The molecule has 0 aromatic carbocycles. The molecule has 1 aromatic rings. The van der Waals surface area contributed by atoms with Crippen LogP contribution in [0.2, 0.25) is 0 Å². The molecular weight excluding hydrogens is 302 g/mol. The van der Waals surface area contributed by atoms with Crippen LogP contribution in [0.25, 0.3) is 0 Å². The minimum absolute atomic E-state index is 0.135. The van der Waals surface area contributed by atoms with Crippen LogP contribution in [-0.4, -0.2) is 41.4 Å². The monoisotopic (exact) mass is 321 g/mol. The molecule has 6 nitrogen and oxygen atoms in total. The first-order chi connectivity index (χ1) is 10.6. The molecule has 7 heteroatoms. The van der Waals surface area contributed by atoms with Gasteiger partial charge < -0.3 is 10.2 Å². The van der Waals surface area contributed by atoms with E-state index in [1.807, 2.05) is 11.4 Å². The number of urea groups is 1. The van der Waals surface area contributed by atoms with Gasteiger partial charge in [0.15, 0.2) is 0 Å². The number of imide groups is 1. The molecule has 22 heavy (non-hydrogen) atoms. The van der Waals surface area contributed by atoms with Crippen molar-refractivity contribution in [3.05, 3.63) is 22.4 Å². The summed E-state index contributed by atoms with van der Waals surface area (Å²) < 4.78 is 0. The van der Waals surface area contributed by atoms with Gasteiger partial charge in [0.25, 0.3) is 5.91 Å². The van der Waals surface area contributed by atoms with Crippen molar-refractivity contribution in [2.24, 2.45) is 0 Å². The summed E-state index contributed by atoms with van der Waals surface area (Å²) in [5.74, 6) is -0.126. The lowest BCUT2D eigenvalue weighted by molar-refractivity contribution is -0.135. The summed E-state index contributed by atoms with van der Waals surface area (Å²) in [6.45, 7) is 1.04. The van der Waals surface area contributed by atoms with E-state index in [1.165, 1.54) is 4.88 Å². The summed E-state index contributed by atoms with van der Waals surface area (Å²) in [4.78, 5) is 38.4. The van der Waals surface area contributed by atoms with Gasteiger partial charge in [-0.25, -0.2) is 4.79 Å². The summed E-state index contributed by atoms with van der Waals surface area (Å²) in [5, 5.41) is 7.03. The highest BCUT2D eigenvalue weighted by Gasteiger charge is 2.48. The minimum Gasteiger partial charge on any atom is -0.342 e. The quantitative estimate of drug-likeness (QED) is 0.820. The highest BCUT2D eigenvalue weighted by atomic mass is 32.1. The number of aryl methyl sites for hydroxylation is 1. The summed E-state index contributed by atoms with van der Waals surface area (Å²) in [6, 6.07) is 3.68. The van der Waals surface area contributed by atoms with E-state index in [9.17, 15) is 14.4 Å². The van der Waals surface area contributed by atoms with Gasteiger partial charge in [0.1, 0.15) is 5.54 Å². The second-order valence-electron chi connectivity index (χ2n) is 5.80. The number of nitrogens with zero attached hydrogens (tertiary/aromatic N) is 1. The SMILES string of the molecule is O=C1NC(=O)C2(CCN(C(=O)CCCc3cccs3)CC2)N1. The number of hydrogen-bond donors (Lipinski definition) is 2. The van der Waals surface area contributed by atoms with Gasteiger partial charge in [-0.1, -0.05) is 6.07 Å². The maximum absolute atomic E-state index is 12.2. The Morgan fingerprint density at radius 3 is 2.68 bits per heavy atom. The lowest BCUT2D eigenvalue weighted by atomic mass is 9.87. The Balaban J connectivity index is 1.46. The normalized spacial score (nSPS) is 20.1. The number of carbonyl (C=O) groups is 3. The number of hydrogen-bond acceptors (Lipinski definition) is 4. The molecule has 0 bridgehead atoms. The number of likely N-dealkylation sites (tertiary alicyclic amines) is 1. The summed E-state index contributed by atoms with van der Waals surface area (Å²) in [7, 11) is 0. The maximum atomic E-state index is 12.2. The number of carbonyl (C=O) groups excluding carboxylic acids is 3. The van der Waals surface area contributed by atoms with Gasteiger partial charge in [-0.05, 0) is 37.1 Å². The Bertz CT molecular complexity index is 577. The molecule has 2 aliphatic heterocycles. The zero-order valence-electron chi connectivity index (χ0n) is 12.3. The zero-order chi connectivity index (χ0) is 15.6. The van der Waals surface area contributed by atoms with Gasteiger partial charge >= 0.3 is 6.03 Å². The van der Waals surface area contributed by atoms with Gasteiger partial charge in [-0.3, -0.25) is 14.9 Å². The Hall–Kier alpha value is -1.89. The molecule has 3 rings (SSSR count). The fourth-order valence-electron chi connectivity index (χ4n) is 3.04. The molecule has 4 amide bonds. The van der Waals surface area contributed by atoms with Crippen LogP contribution in [0.15, 0.2) is 17.5 Å². The first-order valence-electron chi connectivity index (χ1n) is 7.53.